The average Bonchev–Trinajstić information content (AvgIpc) is 3.08. The van der Waals surface area contributed by atoms with Crippen molar-refractivity contribution >= 4 is 41.1 Å². The molecule has 1 N–H and O–H groups in total. The Morgan fingerprint density at radius 1 is 1.30 bits per heavy atom. The molecule has 0 aliphatic heterocycles. The summed E-state index contributed by atoms with van der Waals surface area (Å²) in [6.07, 6.45) is 0. The van der Waals surface area contributed by atoms with Crippen LogP contribution in [0.5, 0.6) is 0 Å². The molecule has 1 atom stereocenters. The van der Waals surface area contributed by atoms with Crippen LogP contribution in [0.15, 0.2) is 40.9 Å². The molecule has 0 fully saturated rings. The Hall–Kier alpha value is -2.81. The SMILES string of the molecule is Cc1cc(NC(=O)[C@@H](C)SCC(=O)OCC(=O)N(C)c2ccccc2)no1. The number of esters is 1. The van der Waals surface area contributed by atoms with Crippen molar-refractivity contribution in [1.82, 2.24) is 5.16 Å². The lowest BCUT2D eigenvalue weighted by molar-refractivity contribution is -0.145. The molecule has 144 valence electrons. The molecule has 0 saturated heterocycles. The van der Waals surface area contributed by atoms with Gasteiger partial charge in [0.15, 0.2) is 12.4 Å². The number of ether oxygens (including phenoxy) is 1. The van der Waals surface area contributed by atoms with E-state index in [9.17, 15) is 14.4 Å². The Morgan fingerprint density at radius 3 is 2.63 bits per heavy atom. The highest BCUT2D eigenvalue weighted by molar-refractivity contribution is 8.01. The van der Waals surface area contributed by atoms with E-state index in [1.807, 2.05) is 18.2 Å². The van der Waals surface area contributed by atoms with Gasteiger partial charge < -0.3 is 19.5 Å². The van der Waals surface area contributed by atoms with Crippen molar-refractivity contribution in [2.24, 2.45) is 0 Å². The first-order valence-corrected chi connectivity index (χ1v) is 9.24. The van der Waals surface area contributed by atoms with Gasteiger partial charge in [-0.2, -0.15) is 0 Å². The van der Waals surface area contributed by atoms with E-state index in [4.69, 9.17) is 9.26 Å². The molecule has 0 unspecified atom stereocenters. The number of para-hydroxylation sites is 1. The van der Waals surface area contributed by atoms with Gasteiger partial charge in [-0.3, -0.25) is 14.4 Å². The summed E-state index contributed by atoms with van der Waals surface area (Å²) >= 11 is 1.11. The summed E-state index contributed by atoms with van der Waals surface area (Å²) in [6, 6.07) is 10.6. The van der Waals surface area contributed by atoms with E-state index in [-0.39, 0.29) is 24.2 Å². The highest BCUT2D eigenvalue weighted by atomic mass is 32.2. The Bertz CT molecular complexity index is 793. The molecular weight excluding hydrogens is 370 g/mol. The maximum Gasteiger partial charge on any atom is 0.316 e. The van der Waals surface area contributed by atoms with Crippen molar-refractivity contribution in [2.75, 3.05) is 29.6 Å². The number of aromatic nitrogens is 1. The Morgan fingerprint density at radius 2 is 2.00 bits per heavy atom. The first-order chi connectivity index (χ1) is 12.9. The van der Waals surface area contributed by atoms with Crippen LogP contribution in [0.2, 0.25) is 0 Å². The van der Waals surface area contributed by atoms with Crippen molar-refractivity contribution in [3.8, 4) is 0 Å². The predicted molar refractivity (Wildman–Crippen MR) is 103 cm³/mol. The van der Waals surface area contributed by atoms with E-state index in [2.05, 4.69) is 10.5 Å². The van der Waals surface area contributed by atoms with E-state index in [1.165, 1.54) is 4.90 Å². The number of aryl methyl sites for hydroxylation is 1. The molecule has 9 heteroatoms. The fourth-order valence-electron chi connectivity index (χ4n) is 2.00. The number of amides is 2. The van der Waals surface area contributed by atoms with E-state index >= 15 is 0 Å². The number of benzene rings is 1. The van der Waals surface area contributed by atoms with Crippen LogP contribution < -0.4 is 10.2 Å². The van der Waals surface area contributed by atoms with E-state index in [0.717, 1.165) is 11.8 Å². The normalized spacial score (nSPS) is 11.5. The molecule has 27 heavy (non-hydrogen) atoms. The quantitative estimate of drug-likeness (QED) is 0.689. The smallest absolute Gasteiger partial charge is 0.316 e. The van der Waals surface area contributed by atoms with E-state index < -0.39 is 11.2 Å². The Kier molecular flexibility index (Phi) is 7.42. The van der Waals surface area contributed by atoms with Crippen molar-refractivity contribution < 1.29 is 23.6 Å². The number of hydrogen-bond donors (Lipinski definition) is 1. The van der Waals surface area contributed by atoms with Gasteiger partial charge in [0.05, 0.1) is 11.0 Å². The van der Waals surface area contributed by atoms with Crippen LogP contribution in [0.1, 0.15) is 12.7 Å². The van der Waals surface area contributed by atoms with Gasteiger partial charge in [0.1, 0.15) is 5.76 Å². The van der Waals surface area contributed by atoms with Crippen LogP contribution >= 0.6 is 11.8 Å². The standard InChI is InChI=1S/C18H21N3O5S/c1-12-9-15(20-26-12)19-18(24)13(2)27-11-17(23)25-10-16(22)21(3)14-7-5-4-6-8-14/h4-9,13H,10-11H2,1-3H3,(H,19,20,24)/t13-/m1/s1. The number of carbonyl (C=O) groups is 3. The number of thioether (sulfide) groups is 1. The second-order valence-corrected chi connectivity index (χ2v) is 7.04. The second kappa shape index (κ2) is 9.77. The molecule has 1 aromatic carbocycles. The van der Waals surface area contributed by atoms with Crippen LogP contribution in [-0.4, -0.2) is 47.6 Å². The van der Waals surface area contributed by atoms with Crippen molar-refractivity contribution in [2.45, 2.75) is 19.1 Å². The number of anilines is 2. The van der Waals surface area contributed by atoms with Gasteiger partial charge in [-0.05, 0) is 26.0 Å². The minimum absolute atomic E-state index is 0.0469. The second-order valence-electron chi connectivity index (χ2n) is 5.71. The minimum Gasteiger partial charge on any atom is -0.455 e. The van der Waals surface area contributed by atoms with Crippen LogP contribution in [0.3, 0.4) is 0 Å². The molecule has 1 aromatic heterocycles. The first-order valence-electron chi connectivity index (χ1n) is 8.20. The van der Waals surface area contributed by atoms with Gasteiger partial charge >= 0.3 is 5.97 Å². The third kappa shape index (κ3) is 6.45. The molecule has 2 amide bonds. The zero-order valence-corrected chi connectivity index (χ0v) is 16.1. The zero-order chi connectivity index (χ0) is 19.8. The third-order valence-corrected chi connectivity index (χ3v) is 4.69. The zero-order valence-electron chi connectivity index (χ0n) is 15.3. The van der Waals surface area contributed by atoms with Crippen molar-refractivity contribution in [3.63, 3.8) is 0 Å². The maximum absolute atomic E-state index is 12.1. The highest BCUT2D eigenvalue weighted by Crippen LogP contribution is 2.15. The molecule has 0 spiro atoms. The lowest BCUT2D eigenvalue weighted by Crippen LogP contribution is -2.31. The number of hydrogen-bond acceptors (Lipinski definition) is 7. The lowest BCUT2D eigenvalue weighted by Gasteiger charge is -2.17. The number of rotatable bonds is 8. The predicted octanol–water partition coefficient (Wildman–Crippen LogP) is 2.25. The summed E-state index contributed by atoms with van der Waals surface area (Å²) in [4.78, 5) is 37.3. The molecule has 0 saturated carbocycles. The van der Waals surface area contributed by atoms with Crippen LogP contribution in [0.25, 0.3) is 0 Å². The monoisotopic (exact) mass is 391 g/mol. The van der Waals surface area contributed by atoms with Crippen molar-refractivity contribution in [1.29, 1.82) is 0 Å². The van der Waals surface area contributed by atoms with Crippen LogP contribution in [-0.2, 0) is 19.1 Å². The van der Waals surface area contributed by atoms with Gasteiger partial charge in [-0.1, -0.05) is 23.4 Å². The summed E-state index contributed by atoms with van der Waals surface area (Å²) in [5.41, 5.74) is 0.710. The Labute approximate surface area is 161 Å². The topological polar surface area (TPSA) is 102 Å². The van der Waals surface area contributed by atoms with Gasteiger partial charge in [-0.15, -0.1) is 11.8 Å². The minimum atomic E-state index is -0.563. The molecule has 1 heterocycles. The molecule has 2 aromatic rings. The van der Waals surface area contributed by atoms with E-state index in [1.54, 1.807) is 39.1 Å². The number of nitrogens with one attached hydrogen (secondary N) is 1. The molecule has 0 bridgehead atoms. The van der Waals surface area contributed by atoms with Crippen molar-refractivity contribution in [3.05, 3.63) is 42.2 Å². The van der Waals surface area contributed by atoms with Gasteiger partial charge in [0.2, 0.25) is 5.91 Å². The summed E-state index contributed by atoms with van der Waals surface area (Å²) in [7, 11) is 1.61. The third-order valence-electron chi connectivity index (χ3n) is 3.57. The summed E-state index contributed by atoms with van der Waals surface area (Å²) in [5, 5.41) is 5.76. The molecule has 8 nitrogen and oxygen atoms in total. The summed E-state index contributed by atoms with van der Waals surface area (Å²) in [5.74, 6) is -0.352. The summed E-state index contributed by atoms with van der Waals surface area (Å²) in [6.45, 7) is 3.02. The first kappa shape index (κ1) is 20.5. The van der Waals surface area contributed by atoms with Crippen LogP contribution in [0, 0.1) is 6.92 Å². The maximum atomic E-state index is 12.1. The number of nitrogens with zero attached hydrogens (tertiary/aromatic N) is 2. The fourth-order valence-corrected chi connectivity index (χ4v) is 2.68. The number of likely N-dealkylation sites (N-methyl/N-ethyl adjacent to an activating group) is 1. The van der Waals surface area contributed by atoms with E-state index in [0.29, 0.717) is 17.3 Å². The fraction of sp³-hybridized carbons (Fsp3) is 0.333. The van der Waals surface area contributed by atoms with Gasteiger partial charge in [0.25, 0.3) is 5.91 Å². The molecule has 0 aliphatic rings. The van der Waals surface area contributed by atoms with Crippen LogP contribution in [0.4, 0.5) is 11.5 Å². The van der Waals surface area contributed by atoms with Gasteiger partial charge in [-0.25, -0.2) is 0 Å². The highest BCUT2D eigenvalue weighted by Gasteiger charge is 2.18. The molecule has 0 radical (unpaired) electrons. The Balaban J connectivity index is 1.70. The van der Waals surface area contributed by atoms with Gasteiger partial charge in [0, 0.05) is 18.8 Å². The molecule has 2 rings (SSSR count). The lowest BCUT2D eigenvalue weighted by atomic mass is 10.3. The number of carbonyl (C=O) groups excluding carboxylic acids is 3. The average molecular weight is 391 g/mol. The molecule has 0 aliphatic carbocycles. The molecular formula is C18H21N3O5S. The largest absolute Gasteiger partial charge is 0.455 e. The summed E-state index contributed by atoms with van der Waals surface area (Å²) < 4.78 is 9.86.